The zero-order chi connectivity index (χ0) is 20.5. The summed E-state index contributed by atoms with van der Waals surface area (Å²) < 4.78 is -0.695. The Hall–Kier alpha value is -1.92. The van der Waals surface area contributed by atoms with Crippen LogP contribution in [0.3, 0.4) is 0 Å². The van der Waals surface area contributed by atoms with Crippen molar-refractivity contribution >= 4 is 17.8 Å². The van der Waals surface area contributed by atoms with Gasteiger partial charge < -0.3 is 20.5 Å². The fraction of sp³-hybridized carbons (Fsp3) is 0.667. The predicted molar refractivity (Wildman–Crippen MR) is 112 cm³/mol. The van der Waals surface area contributed by atoms with Crippen molar-refractivity contribution in [2.45, 2.75) is 56.4 Å². The van der Waals surface area contributed by atoms with Gasteiger partial charge in [0.05, 0.1) is 5.41 Å². The summed E-state index contributed by atoms with van der Waals surface area (Å²) in [6.45, 7) is 1.96. The highest BCUT2D eigenvalue weighted by atomic mass is 16.4. The summed E-state index contributed by atoms with van der Waals surface area (Å²) in [6.07, 6.45) is 6.52. The summed E-state index contributed by atoms with van der Waals surface area (Å²) in [5, 5.41) is 19.4. The van der Waals surface area contributed by atoms with Crippen LogP contribution in [0.1, 0.15) is 50.5 Å². The van der Waals surface area contributed by atoms with Crippen molar-refractivity contribution in [3.8, 4) is 0 Å². The van der Waals surface area contributed by atoms with Crippen LogP contribution in [0.5, 0.6) is 0 Å². The van der Waals surface area contributed by atoms with Crippen molar-refractivity contribution in [1.29, 1.82) is 0 Å². The molecule has 6 nitrogen and oxygen atoms in total. The molecule has 2 heterocycles. The van der Waals surface area contributed by atoms with Crippen LogP contribution in [0.15, 0.2) is 24.3 Å². The first kappa shape index (κ1) is 18.8. The van der Waals surface area contributed by atoms with Crippen LogP contribution >= 0.6 is 0 Å². The molecule has 1 atom stereocenters. The van der Waals surface area contributed by atoms with Gasteiger partial charge in [-0.2, -0.15) is 4.48 Å². The second-order valence-electron chi connectivity index (χ2n) is 10.7. The van der Waals surface area contributed by atoms with Crippen molar-refractivity contribution in [2.24, 2.45) is 23.7 Å². The molecular weight excluding hydrogens is 378 g/mol. The number of quaternary nitrogens is 1. The third kappa shape index (κ3) is 2.50. The van der Waals surface area contributed by atoms with Crippen molar-refractivity contribution < 1.29 is 14.7 Å². The average Bonchev–Trinajstić information content (AvgIpc) is 3.02. The monoisotopic (exact) mass is 409 g/mol. The maximum atomic E-state index is 13.8. The Morgan fingerprint density at radius 2 is 1.63 bits per heavy atom. The highest BCUT2D eigenvalue weighted by Gasteiger charge is 2.60. The quantitative estimate of drug-likeness (QED) is 0.699. The molecule has 4 bridgehead atoms. The number of nitrogens with zero attached hydrogens (tertiary/aromatic N) is 1. The van der Waals surface area contributed by atoms with Crippen LogP contribution < -0.4 is 20.2 Å². The molecule has 1 unspecified atom stereocenters. The average molecular weight is 410 g/mol. The third-order valence-electron chi connectivity index (χ3n) is 9.16. The van der Waals surface area contributed by atoms with Gasteiger partial charge >= 0.3 is 6.03 Å². The topological polar surface area (TPSA) is 81.3 Å². The molecule has 1 aromatic carbocycles. The molecular formula is C24H31N3O3. The van der Waals surface area contributed by atoms with E-state index in [9.17, 15) is 14.7 Å². The molecule has 1 aromatic rings. The van der Waals surface area contributed by atoms with E-state index in [-0.39, 0.29) is 24.0 Å². The maximum absolute atomic E-state index is 13.8. The van der Waals surface area contributed by atoms with Crippen LogP contribution in [-0.2, 0) is 5.41 Å². The van der Waals surface area contributed by atoms with Crippen molar-refractivity contribution in [3.05, 3.63) is 29.8 Å². The van der Waals surface area contributed by atoms with Gasteiger partial charge in [0, 0.05) is 17.7 Å². The summed E-state index contributed by atoms with van der Waals surface area (Å²) in [6, 6.07) is 7.42. The fourth-order valence-corrected chi connectivity index (χ4v) is 8.05. The summed E-state index contributed by atoms with van der Waals surface area (Å²) in [4.78, 5) is 26.5. The van der Waals surface area contributed by atoms with E-state index < -0.39 is 10.6 Å². The number of hydrogen-bond donors (Lipinski definition) is 2. The Labute approximate surface area is 177 Å². The maximum Gasteiger partial charge on any atom is 0.428 e. The lowest BCUT2D eigenvalue weighted by atomic mass is 9.54. The Morgan fingerprint density at radius 3 is 2.27 bits per heavy atom. The van der Waals surface area contributed by atoms with E-state index in [2.05, 4.69) is 10.6 Å². The van der Waals surface area contributed by atoms with E-state index in [0.29, 0.717) is 17.5 Å². The summed E-state index contributed by atoms with van der Waals surface area (Å²) >= 11 is 0. The van der Waals surface area contributed by atoms with Crippen LogP contribution in [-0.4, -0.2) is 37.8 Å². The first-order valence-corrected chi connectivity index (χ1v) is 11.7. The van der Waals surface area contributed by atoms with Crippen LogP contribution in [0.25, 0.3) is 0 Å². The molecule has 30 heavy (non-hydrogen) atoms. The van der Waals surface area contributed by atoms with Crippen LogP contribution in [0.2, 0.25) is 0 Å². The number of carbonyl (C=O) groups is 2. The Bertz CT molecular complexity index is 865. The molecule has 160 valence electrons. The van der Waals surface area contributed by atoms with Gasteiger partial charge in [0.15, 0.2) is 5.69 Å². The number of urea groups is 1. The second-order valence-corrected chi connectivity index (χ2v) is 10.7. The largest absolute Gasteiger partial charge is 0.497 e. The summed E-state index contributed by atoms with van der Waals surface area (Å²) in [7, 11) is 0. The third-order valence-corrected chi connectivity index (χ3v) is 9.16. The Kier molecular flexibility index (Phi) is 4.10. The normalized spacial score (nSPS) is 40.3. The van der Waals surface area contributed by atoms with Gasteiger partial charge in [0.1, 0.15) is 6.54 Å². The molecule has 4 aliphatic carbocycles. The zero-order valence-electron chi connectivity index (χ0n) is 17.4. The van der Waals surface area contributed by atoms with Crippen molar-refractivity contribution in [3.63, 3.8) is 0 Å². The minimum absolute atomic E-state index is 0.122. The van der Waals surface area contributed by atoms with Crippen LogP contribution in [0, 0.1) is 23.7 Å². The number of amides is 3. The summed E-state index contributed by atoms with van der Waals surface area (Å²) in [5.41, 5.74) is 1.36. The second kappa shape index (κ2) is 6.54. The molecule has 6 heteroatoms. The molecule has 2 aliphatic heterocycles. The molecule has 5 fully saturated rings. The molecule has 1 saturated heterocycles. The van der Waals surface area contributed by atoms with Gasteiger partial charge in [0.25, 0.3) is 6.09 Å². The standard InChI is InChI=1S/C24H31N3O3/c28-22(26-21-17-10-15-9-16(12-17)13-18(21)11-15)27(23(29)30)14-24(5-7-25-8-6-24)19-3-1-2-4-20(19)27/h1-4,15-18,21,25H,5-14H2,(H-,26,28,29,30). The number of imide groups is 1. The van der Waals surface area contributed by atoms with Gasteiger partial charge in [-0.1, -0.05) is 18.2 Å². The molecule has 3 amide bonds. The number of hydrogen-bond acceptors (Lipinski definition) is 4. The van der Waals surface area contributed by atoms with Crippen molar-refractivity contribution in [1.82, 2.24) is 15.1 Å². The Balaban J connectivity index is 1.36. The molecule has 6 aliphatic rings. The van der Waals surface area contributed by atoms with E-state index in [0.717, 1.165) is 43.3 Å². The molecule has 0 radical (unpaired) electrons. The van der Waals surface area contributed by atoms with E-state index in [1.807, 2.05) is 24.3 Å². The molecule has 4 saturated carbocycles. The highest BCUT2D eigenvalue weighted by molar-refractivity contribution is 6.06. The van der Waals surface area contributed by atoms with E-state index in [1.54, 1.807) is 0 Å². The number of benzene rings is 1. The SMILES string of the molecule is O=C([O-])[N+]1(C(=O)NC2C3CC4CC(C3)CC2C4)CC2(CCNCC2)c2ccccc21. The number of fused-ring (bicyclic) bond motifs is 2. The first-order valence-electron chi connectivity index (χ1n) is 11.7. The van der Waals surface area contributed by atoms with E-state index in [1.165, 1.54) is 32.1 Å². The molecule has 7 rings (SSSR count). The van der Waals surface area contributed by atoms with Gasteiger partial charge in [-0.3, -0.25) is 0 Å². The minimum Gasteiger partial charge on any atom is -0.497 e. The smallest absolute Gasteiger partial charge is 0.428 e. The fourth-order valence-electron chi connectivity index (χ4n) is 8.05. The number of rotatable bonds is 1. The van der Waals surface area contributed by atoms with Gasteiger partial charge in [-0.15, -0.1) is 0 Å². The molecule has 0 aromatic heterocycles. The number of piperidine rings is 1. The summed E-state index contributed by atoms with van der Waals surface area (Å²) in [5.74, 6) is 2.65. The van der Waals surface area contributed by atoms with Gasteiger partial charge in [0.2, 0.25) is 0 Å². The zero-order valence-corrected chi connectivity index (χ0v) is 17.4. The van der Waals surface area contributed by atoms with Gasteiger partial charge in [-0.25, -0.2) is 4.79 Å². The highest BCUT2D eigenvalue weighted by Crippen LogP contribution is 2.54. The lowest BCUT2D eigenvalue weighted by molar-refractivity contribution is -0.260. The predicted octanol–water partition coefficient (Wildman–Crippen LogP) is 2.51. The molecule has 2 N–H and O–H groups in total. The number of carboxylic acid groups (broad SMARTS) is 1. The first-order chi connectivity index (χ1) is 14.5. The number of nitrogens with one attached hydrogen (secondary N) is 2. The van der Waals surface area contributed by atoms with E-state index in [4.69, 9.17) is 0 Å². The Morgan fingerprint density at radius 1 is 1.00 bits per heavy atom. The van der Waals surface area contributed by atoms with Crippen molar-refractivity contribution in [2.75, 3.05) is 19.6 Å². The molecule has 1 spiro atoms. The lowest BCUT2D eigenvalue weighted by Crippen LogP contribution is -2.70. The lowest BCUT2D eigenvalue weighted by Gasteiger charge is -2.54. The number of para-hydroxylation sites is 1. The van der Waals surface area contributed by atoms with Crippen LogP contribution in [0.4, 0.5) is 15.3 Å². The van der Waals surface area contributed by atoms with Gasteiger partial charge in [-0.05, 0) is 81.7 Å². The number of carbonyl (C=O) groups excluding carboxylic acids is 2. The van der Waals surface area contributed by atoms with E-state index >= 15 is 0 Å². The minimum atomic E-state index is -1.29.